The maximum absolute atomic E-state index is 13.0. The number of anilines is 2. The van der Waals surface area contributed by atoms with Crippen LogP contribution in [0.5, 0.6) is 0 Å². The Balaban J connectivity index is 1.51. The number of benzene rings is 2. The zero-order valence-corrected chi connectivity index (χ0v) is 19.3. The number of rotatable bonds is 4. The molecule has 1 aromatic heterocycles. The van der Waals surface area contributed by atoms with Crippen molar-refractivity contribution in [2.75, 3.05) is 10.6 Å². The second-order valence-electron chi connectivity index (χ2n) is 7.18. The fourth-order valence-corrected chi connectivity index (χ4v) is 5.15. The Morgan fingerprint density at radius 1 is 1.17 bits per heavy atom. The second-order valence-corrected chi connectivity index (χ2v) is 9.62. The fourth-order valence-electron chi connectivity index (χ4n) is 3.48. The van der Waals surface area contributed by atoms with Gasteiger partial charge in [-0.1, -0.05) is 27.5 Å². The van der Waals surface area contributed by atoms with Crippen LogP contribution in [0.15, 0.2) is 46.9 Å². The van der Waals surface area contributed by atoms with Crippen molar-refractivity contribution < 1.29 is 9.59 Å². The van der Waals surface area contributed by atoms with E-state index in [9.17, 15) is 9.59 Å². The van der Waals surface area contributed by atoms with Gasteiger partial charge in [-0.25, -0.2) is 4.98 Å². The van der Waals surface area contributed by atoms with Crippen molar-refractivity contribution in [2.45, 2.75) is 32.1 Å². The number of hydrogen-bond donors (Lipinski definition) is 2. The molecule has 154 valence electrons. The van der Waals surface area contributed by atoms with Crippen molar-refractivity contribution in [1.29, 1.82) is 0 Å². The molecule has 2 N–H and O–H groups in total. The van der Waals surface area contributed by atoms with Gasteiger partial charge in [-0.2, -0.15) is 0 Å². The summed E-state index contributed by atoms with van der Waals surface area (Å²) in [6.07, 6.45) is 2.52. The molecule has 1 aliphatic carbocycles. The summed E-state index contributed by atoms with van der Waals surface area (Å²) in [4.78, 5) is 31.1. The third-order valence-electron chi connectivity index (χ3n) is 5.04. The van der Waals surface area contributed by atoms with Gasteiger partial charge in [0.15, 0.2) is 5.13 Å². The molecule has 8 heteroatoms. The van der Waals surface area contributed by atoms with Crippen molar-refractivity contribution in [3.8, 4) is 0 Å². The van der Waals surface area contributed by atoms with Gasteiger partial charge in [0, 0.05) is 25.6 Å². The molecular formula is C22H19BrClN3O2S. The molecule has 1 aliphatic rings. The van der Waals surface area contributed by atoms with Crippen LogP contribution >= 0.6 is 38.9 Å². The quantitative estimate of drug-likeness (QED) is 0.446. The van der Waals surface area contributed by atoms with Crippen molar-refractivity contribution in [3.63, 3.8) is 0 Å². The topological polar surface area (TPSA) is 71.1 Å². The minimum absolute atomic E-state index is 0.0674. The molecule has 0 saturated carbocycles. The lowest BCUT2D eigenvalue weighted by Gasteiger charge is -2.21. The Morgan fingerprint density at radius 2 is 1.93 bits per heavy atom. The Labute approximate surface area is 192 Å². The van der Waals surface area contributed by atoms with Crippen molar-refractivity contribution >= 4 is 61.5 Å². The highest BCUT2D eigenvalue weighted by molar-refractivity contribution is 9.10. The molecule has 2 aromatic carbocycles. The van der Waals surface area contributed by atoms with E-state index in [1.807, 2.05) is 25.1 Å². The molecule has 0 fully saturated rings. The number of hydrogen-bond acceptors (Lipinski definition) is 4. The summed E-state index contributed by atoms with van der Waals surface area (Å²) in [7, 11) is 0. The lowest BCUT2D eigenvalue weighted by atomic mass is 9.90. The van der Waals surface area contributed by atoms with Crippen LogP contribution in [0.3, 0.4) is 0 Å². The van der Waals surface area contributed by atoms with Gasteiger partial charge >= 0.3 is 0 Å². The molecule has 1 unspecified atom stereocenters. The van der Waals surface area contributed by atoms with Crippen molar-refractivity contribution in [2.24, 2.45) is 0 Å². The van der Waals surface area contributed by atoms with Gasteiger partial charge in [0.05, 0.1) is 11.6 Å². The van der Waals surface area contributed by atoms with E-state index in [2.05, 4.69) is 31.5 Å². The first-order valence-electron chi connectivity index (χ1n) is 9.54. The first kappa shape index (κ1) is 21.0. The van der Waals surface area contributed by atoms with E-state index in [-0.39, 0.29) is 17.7 Å². The van der Waals surface area contributed by atoms with Gasteiger partial charge in [-0.05, 0) is 74.2 Å². The van der Waals surface area contributed by atoms with E-state index >= 15 is 0 Å². The summed E-state index contributed by atoms with van der Waals surface area (Å²) in [6.45, 7) is 1.96. The molecule has 1 atom stereocenters. The van der Waals surface area contributed by atoms with Crippen molar-refractivity contribution in [1.82, 2.24) is 4.98 Å². The summed E-state index contributed by atoms with van der Waals surface area (Å²) in [5.74, 6) is -0.638. The zero-order valence-electron chi connectivity index (χ0n) is 16.2. The van der Waals surface area contributed by atoms with Gasteiger partial charge in [0.2, 0.25) is 5.91 Å². The van der Waals surface area contributed by atoms with Crippen LogP contribution in [-0.2, 0) is 11.2 Å². The third kappa shape index (κ3) is 4.58. The van der Waals surface area contributed by atoms with Crippen LogP contribution in [0.25, 0.3) is 0 Å². The minimum Gasteiger partial charge on any atom is -0.325 e. The van der Waals surface area contributed by atoms with Crippen LogP contribution in [0.1, 0.15) is 45.3 Å². The SMILES string of the molecule is Cc1cc(Br)ccc1NC(=O)C1CCCc2sc(NC(=O)c3ccc(Cl)cc3)nc21. The molecule has 0 aliphatic heterocycles. The molecule has 0 bridgehead atoms. The number of aromatic nitrogens is 1. The molecular weight excluding hydrogens is 486 g/mol. The van der Waals surface area contributed by atoms with Gasteiger partial charge in [-0.3, -0.25) is 14.9 Å². The molecule has 0 radical (unpaired) electrons. The monoisotopic (exact) mass is 503 g/mol. The van der Waals surface area contributed by atoms with Crippen LogP contribution in [0.4, 0.5) is 10.8 Å². The molecule has 3 aromatic rings. The van der Waals surface area contributed by atoms with Crippen LogP contribution in [-0.4, -0.2) is 16.8 Å². The Kier molecular flexibility index (Phi) is 6.22. The van der Waals surface area contributed by atoms with Crippen molar-refractivity contribution in [3.05, 3.63) is 73.7 Å². The number of fused-ring (bicyclic) bond motifs is 1. The maximum atomic E-state index is 13.0. The maximum Gasteiger partial charge on any atom is 0.257 e. The predicted octanol–water partition coefficient (Wildman–Crippen LogP) is 6.18. The number of nitrogens with zero attached hydrogens (tertiary/aromatic N) is 1. The largest absolute Gasteiger partial charge is 0.325 e. The van der Waals surface area contributed by atoms with Crippen LogP contribution in [0, 0.1) is 6.92 Å². The number of carbonyl (C=O) groups excluding carboxylic acids is 2. The lowest BCUT2D eigenvalue weighted by Crippen LogP contribution is -2.25. The number of halogens is 2. The Hall–Kier alpha value is -2.22. The summed E-state index contributed by atoms with van der Waals surface area (Å²) >= 11 is 10.8. The van der Waals surface area contributed by atoms with Crippen LogP contribution in [0.2, 0.25) is 5.02 Å². The average Bonchev–Trinajstić information content (AvgIpc) is 3.12. The molecule has 1 heterocycles. The smallest absolute Gasteiger partial charge is 0.257 e. The van der Waals surface area contributed by atoms with E-state index in [1.54, 1.807) is 24.3 Å². The average molecular weight is 505 g/mol. The van der Waals surface area contributed by atoms with E-state index in [0.717, 1.165) is 45.6 Å². The molecule has 5 nitrogen and oxygen atoms in total. The van der Waals surface area contributed by atoms with Gasteiger partial charge in [0.1, 0.15) is 0 Å². The second kappa shape index (κ2) is 8.88. The molecule has 0 spiro atoms. The summed E-state index contributed by atoms with van der Waals surface area (Å²) in [5, 5.41) is 6.97. The summed E-state index contributed by atoms with van der Waals surface area (Å²) in [5.41, 5.74) is 3.06. The molecule has 0 saturated heterocycles. The predicted molar refractivity (Wildman–Crippen MR) is 125 cm³/mol. The summed E-state index contributed by atoms with van der Waals surface area (Å²) in [6, 6.07) is 12.4. The fraction of sp³-hybridized carbons (Fsp3) is 0.227. The first-order chi connectivity index (χ1) is 14.4. The van der Waals surface area contributed by atoms with Gasteiger partial charge in [-0.15, -0.1) is 11.3 Å². The van der Waals surface area contributed by atoms with E-state index < -0.39 is 0 Å². The van der Waals surface area contributed by atoms with Crippen LogP contribution < -0.4 is 10.6 Å². The molecule has 30 heavy (non-hydrogen) atoms. The van der Waals surface area contributed by atoms with E-state index in [1.165, 1.54) is 11.3 Å². The van der Waals surface area contributed by atoms with Gasteiger partial charge in [0.25, 0.3) is 5.91 Å². The standard InChI is InChI=1S/C22H19BrClN3O2S/c1-12-11-14(23)7-10-17(12)25-21(29)16-3-2-4-18-19(16)26-22(30-18)27-20(28)13-5-8-15(24)9-6-13/h5-11,16H,2-4H2,1H3,(H,25,29)(H,26,27,28). The highest BCUT2D eigenvalue weighted by atomic mass is 79.9. The highest BCUT2D eigenvalue weighted by Crippen LogP contribution is 2.37. The molecule has 4 rings (SSSR count). The number of thiazole rings is 1. The van der Waals surface area contributed by atoms with Gasteiger partial charge < -0.3 is 5.32 Å². The Morgan fingerprint density at radius 3 is 2.67 bits per heavy atom. The lowest BCUT2D eigenvalue weighted by molar-refractivity contribution is -0.117. The Bertz CT molecular complexity index is 1110. The normalized spacial score (nSPS) is 15.4. The number of carbonyl (C=O) groups is 2. The van der Waals surface area contributed by atoms with E-state index in [4.69, 9.17) is 11.6 Å². The first-order valence-corrected chi connectivity index (χ1v) is 11.5. The van der Waals surface area contributed by atoms with E-state index in [0.29, 0.717) is 15.7 Å². The number of amides is 2. The third-order valence-corrected chi connectivity index (χ3v) is 6.84. The molecule has 2 amide bonds. The number of aryl methyl sites for hydroxylation is 2. The highest BCUT2D eigenvalue weighted by Gasteiger charge is 2.31. The number of nitrogens with one attached hydrogen (secondary N) is 2. The minimum atomic E-state index is -0.325. The zero-order chi connectivity index (χ0) is 21.3. The summed E-state index contributed by atoms with van der Waals surface area (Å²) < 4.78 is 0.971.